The molecule has 0 aromatic heterocycles. The van der Waals surface area contributed by atoms with Gasteiger partial charge in [0, 0.05) is 56.4 Å². The lowest BCUT2D eigenvalue weighted by Gasteiger charge is -2.37. The fourth-order valence-corrected chi connectivity index (χ4v) is 4.34. The van der Waals surface area contributed by atoms with E-state index in [0.717, 1.165) is 30.1 Å². The van der Waals surface area contributed by atoms with Crippen LogP contribution in [0, 0.1) is 5.92 Å². The average molecular weight is 428 g/mol. The summed E-state index contributed by atoms with van der Waals surface area (Å²) in [6.45, 7) is 3.86. The molecule has 2 aliphatic heterocycles. The van der Waals surface area contributed by atoms with E-state index in [-0.39, 0.29) is 17.7 Å². The summed E-state index contributed by atoms with van der Waals surface area (Å²) < 4.78 is 5.18. The maximum atomic E-state index is 13.0. The van der Waals surface area contributed by atoms with Crippen molar-refractivity contribution in [1.82, 2.24) is 9.80 Å². The Kier molecular flexibility index (Phi) is 6.13. The largest absolute Gasteiger partial charge is 0.497 e. The second-order valence-corrected chi connectivity index (χ2v) is 8.25. The summed E-state index contributed by atoms with van der Waals surface area (Å²) in [5.74, 6) is 0.665. The second kappa shape index (κ2) is 8.96. The van der Waals surface area contributed by atoms with Crippen LogP contribution < -0.4 is 9.64 Å². The van der Waals surface area contributed by atoms with E-state index in [1.807, 2.05) is 53.4 Å². The number of likely N-dealkylation sites (tertiary alicyclic amines) is 1. The number of carbonyl (C=O) groups is 2. The number of amides is 2. The molecule has 2 aliphatic rings. The Balaban J connectivity index is 1.31. The topological polar surface area (TPSA) is 53.1 Å². The lowest BCUT2D eigenvalue weighted by molar-refractivity contribution is -0.136. The van der Waals surface area contributed by atoms with E-state index in [4.69, 9.17) is 16.3 Å². The van der Waals surface area contributed by atoms with Crippen LogP contribution in [-0.4, -0.2) is 61.4 Å². The van der Waals surface area contributed by atoms with Crippen molar-refractivity contribution in [3.05, 3.63) is 59.1 Å². The maximum Gasteiger partial charge on any atom is 0.228 e. The minimum absolute atomic E-state index is 0.0433. The molecular formula is C23H26ClN3O3. The Hall–Kier alpha value is -2.73. The number of hydrogen-bond acceptors (Lipinski definition) is 4. The molecule has 30 heavy (non-hydrogen) atoms. The van der Waals surface area contributed by atoms with E-state index in [1.54, 1.807) is 12.0 Å². The van der Waals surface area contributed by atoms with Gasteiger partial charge in [0.15, 0.2) is 0 Å². The van der Waals surface area contributed by atoms with Crippen LogP contribution in [0.25, 0.3) is 0 Å². The third kappa shape index (κ3) is 4.54. The van der Waals surface area contributed by atoms with Crippen LogP contribution >= 0.6 is 11.6 Å². The van der Waals surface area contributed by atoms with Gasteiger partial charge < -0.3 is 19.4 Å². The zero-order valence-electron chi connectivity index (χ0n) is 17.1. The van der Waals surface area contributed by atoms with Crippen molar-refractivity contribution >= 4 is 29.1 Å². The predicted octanol–water partition coefficient (Wildman–Crippen LogP) is 3.05. The highest BCUT2D eigenvalue weighted by Gasteiger charge is 2.37. The van der Waals surface area contributed by atoms with Crippen LogP contribution in [0.5, 0.6) is 5.75 Å². The fourth-order valence-electron chi connectivity index (χ4n) is 4.16. The van der Waals surface area contributed by atoms with Gasteiger partial charge in [0.2, 0.25) is 11.8 Å². The van der Waals surface area contributed by atoms with E-state index in [9.17, 15) is 9.59 Å². The molecule has 2 saturated heterocycles. The van der Waals surface area contributed by atoms with Gasteiger partial charge in [-0.2, -0.15) is 0 Å². The van der Waals surface area contributed by atoms with E-state index in [1.165, 1.54) is 0 Å². The first kappa shape index (κ1) is 20.5. The van der Waals surface area contributed by atoms with Gasteiger partial charge >= 0.3 is 0 Å². The van der Waals surface area contributed by atoms with Gasteiger partial charge in [-0.3, -0.25) is 9.59 Å². The third-order valence-corrected chi connectivity index (χ3v) is 6.10. The highest BCUT2D eigenvalue weighted by Crippen LogP contribution is 2.25. The standard InChI is InChI=1S/C23H26ClN3O3/c1-30-21-7-5-17(6-8-21)15-27-16-18(13-22(27)28)23(29)26-11-9-25(10-12-26)20-4-2-3-19(24)14-20/h2-8,14,18H,9-13,15-16H2,1H3. The first-order chi connectivity index (χ1) is 14.5. The molecule has 2 amide bonds. The monoisotopic (exact) mass is 427 g/mol. The number of nitrogens with zero attached hydrogens (tertiary/aromatic N) is 3. The number of rotatable bonds is 5. The summed E-state index contributed by atoms with van der Waals surface area (Å²) in [7, 11) is 1.63. The fraction of sp³-hybridized carbons (Fsp3) is 0.391. The third-order valence-electron chi connectivity index (χ3n) is 5.86. The van der Waals surface area contributed by atoms with Crippen LogP contribution in [-0.2, 0) is 16.1 Å². The number of methoxy groups -OCH3 is 1. The highest BCUT2D eigenvalue weighted by atomic mass is 35.5. The number of benzene rings is 2. The van der Waals surface area contributed by atoms with Crippen molar-refractivity contribution < 1.29 is 14.3 Å². The van der Waals surface area contributed by atoms with Crippen molar-refractivity contribution in [3.63, 3.8) is 0 Å². The van der Waals surface area contributed by atoms with E-state index in [2.05, 4.69) is 4.90 Å². The minimum Gasteiger partial charge on any atom is -0.497 e. The normalized spacial score (nSPS) is 19.3. The number of piperazine rings is 1. The highest BCUT2D eigenvalue weighted by molar-refractivity contribution is 6.30. The van der Waals surface area contributed by atoms with Gasteiger partial charge in [-0.15, -0.1) is 0 Å². The van der Waals surface area contributed by atoms with E-state index in [0.29, 0.717) is 37.6 Å². The summed E-state index contributed by atoms with van der Waals surface area (Å²) in [4.78, 5) is 31.4. The molecule has 0 aliphatic carbocycles. The Morgan fingerprint density at radius 3 is 2.50 bits per heavy atom. The van der Waals surface area contributed by atoms with Gasteiger partial charge in [-0.25, -0.2) is 0 Å². The quantitative estimate of drug-likeness (QED) is 0.736. The minimum atomic E-state index is -0.256. The van der Waals surface area contributed by atoms with E-state index >= 15 is 0 Å². The summed E-state index contributed by atoms with van der Waals surface area (Å²) >= 11 is 6.10. The van der Waals surface area contributed by atoms with Gasteiger partial charge in [0.25, 0.3) is 0 Å². The van der Waals surface area contributed by atoms with Crippen LogP contribution in [0.15, 0.2) is 48.5 Å². The lowest BCUT2D eigenvalue weighted by Crippen LogP contribution is -2.50. The van der Waals surface area contributed by atoms with Crippen LogP contribution in [0.2, 0.25) is 5.02 Å². The molecule has 2 aromatic carbocycles. The van der Waals surface area contributed by atoms with Gasteiger partial charge in [0.1, 0.15) is 5.75 Å². The Morgan fingerprint density at radius 1 is 1.10 bits per heavy atom. The molecule has 1 atom stereocenters. The van der Waals surface area contributed by atoms with Gasteiger partial charge in [-0.1, -0.05) is 29.8 Å². The number of hydrogen-bond donors (Lipinski definition) is 0. The van der Waals surface area contributed by atoms with Crippen molar-refractivity contribution in [3.8, 4) is 5.75 Å². The average Bonchev–Trinajstić information content (AvgIpc) is 3.14. The number of carbonyl (C=O) groups excluding carboxylic acids is 2. The molecule has 1 unspecified atom stereocenters. The van der Waals surface area contributed by atoms with Crippen LogP contribution in [0.3, 0.4) is 0 Å². The molecule has 158 valence electrons. The molecule has 2 heterocycles. The molecule has 2 fully saturated rings. The smallest absolute Gasteiger partial charge is 0.228 e. The second-order valence-electron chi connectivity index (χ2n) is 7.82. The molecule has 0 radical (unpaired) electrons. The van der Waals surface area contributed by atoms with Crippen molar-refractivity contribution in [2.75, 3.05) is 44.7 Å². The summed E-state index contributed by atoms with van der Waals surface area (Å²) in [5.41, 5.74) is 2.11. The molecule has 7 heteroatoms. The number of halogens is 1. The van der Waals surface area contributed by atoms with Crippen LogP contribution in [0.1, 0.15) is 12.0 Å². The van der Waals surface area contributed by atoms with E-state index < -0.39 is 0 Å². The SMILES string of the molecule is COc1ccc(CN2CC(C(=O)N3CCN(c4cccc(Cl)c4)CC3)CC2=O)cc1. The first-order valence-corrected chi connectivity index (χ1v) is 10.6. The van der Waals surface area contributed by atoms with Gasteiger partial charge in [0.05, 0.1) is 13.0 Å². The predicted molar refractivity (Wildman–Crippen MR) is 117 cm³/mol. The molecule has 4 rings (SSSR count). The lowest BCUT2D eigenvalue weighted by atomic mass is 10.1. The Bertz CT molecular complexity index is 910. The Morgan fingerprint density at radius 2 is 1.83 bits per heavy atom. The number of ether oxygens (including phenoxy) is 1. The van der Waals surface area contributed by atoms with Crippen molar-refractivity contribution in [2.24, 2.45) is 5.92 Å². The van der Waals surface area contributed by atoms with Crippen LogP contribution in [0.4, 0.5) is 5.69 Å². The van der Waals surface area contributed by atoms with Crippen molar-refractivity contribution in [2.45, 2.75) is 13.0 Å². The molecule has 2 aromatic rings. The molecule has 6 nitrogen and oxygen atoms in total. The molecule has 0 N–H and O–H groups in total. The maximum absolute atomic E-state index is 13.0. The molecule has 0 saturated carbocycles. The zero-order chi connectivity index (χ0) is 21.1. The summed E-state index contributed by atoms with van der Waals surface area (Å²) in [6, 6.07) is 15.5. The summed E-state index contributed by atoms with van der Waals surface area (Å²) in [6.07, 6.45) is 0.295. The first-order valence-electron chi connectivity index (χ1n) is 10.2. The number of anilines is 1. The molecular weight excluding hydrogens is 402 g/mol. The molecule has 0 spiro atoms. The summed E-state index contributed by atoms with van der Waals surface area (Å²) in [5, 5.41) is 0.715. The Labute approximate surface area is 182 Å². The van der Waals surface area contributed by atoms with Crippen molar-refractivity contribution in [1.29, 1.82) is 0 Å². The van der Waals surface area contributed by atoms with Gasteiger partial charge in [-0.05, 0) is 35.9 Å². The zero-order valence-corrected chi connectivity index (χ0v) is 17.8. The molecule has 0 bridgehead atoms.